The highest BCUT2D eigenvalue weighted by Crippen LogP contribution is 2.30. The molecule has 0 saturated carbocycles. The SMILES string of the molecule is Cc1cc(C)c(C)c(C(O)CC(C)C)c1C. The van der Waals surface area contributed by atoms with Crippen LogP contribution in [-0.2, 0) is 0 Å². The molecule has 90 valence electrons. The Morgan fingerprint density at radius 2 is 1.44 bits per heavy atom. The quantitative estimate of drug-likeness (QED) is 0.816. The Morgan fingerprint density at radius 1 is 1.00 bits per heavy atom. The van der Waals surface area contributed by atoms with E-state index in [1.54, 1.807) is 0 Å². The van der Waals surface area contributed by atoms with Gasteiger partial charge in [0.1, 0.15) is 0 Å². The van der Waals surface area contributed by atoms with Gasteiger partial charge in [0.25, 0.3) is 0 Å². The summed E-state index contributed by atoms with van der Waals surface area (Å²) in [6.45, 7) is 12.8. The van der Waals surface area contributed by atoms with Crippen molar-refractivity contribution in [3.63, 3.8) is 0 Å². The van der Waals surface area contributed by atoms with Crippen molar-refractivity contribution in [3.05, 3.63) is 33.9 Å². The van der Waals surface area contributed by atoms with Crippen molar-refractivity contribution in [2.24, 2.45) is 5.92 Å². The zero-order valence-electron chi connectivity index (χ0n) is 11.4. The topological polar surface area (TPSA) is 20.2 Å². The fraction of sp³-hybridized carbons (Fsp3) is 0.600. The number of rotatable bonds is 3. The maximum absolute atomic E-state index is 10.3. The van der Waals surface area contributed by atoms with Crippen LogP contribution in [0.4, 0.5) is 0 Å². The smallest absolute Gasteiger partial charge is 0.0797 e. The summed E-state index contributed by atoms with van der Waals surface area (Å²) < 4.78 is 0. The van der Waals surface area contributed by atoms with Crippen molar-refractivity contribution < 1.29 is 5.11 Å². The van der Waals surface area contributed by atoms with Crippen molar-refractivity contribution in [1.82, 2.24) is 0 Å². The lowest BCUT2D eigenvalue weighted by Gasteiger charge is -2.21. The van der Waals surface area contributed by atoms with Crippen molar-refractivity contribution in [2.45, 2.75) is 54.1 Å². The second kappa shape index (κ2) is 5.01. The van der Waals surface area contributed by atoms with Crippen LogP contribution in [0.25, 0.3) is 0 Å². The molecule has 0 fully saturated rings. The number of aliphatic hydroxyl groups is 1. The van der Waals surface area contributed by atoms with Crippen LogP contribution in [0, 0.1) is 33.6 Å². The van der Waals surface area contributed by atoms with Crippen LogP contribution in [0.1, 0.15) is 54.2 Å². The number of aryl methyl sites for hydroxylation is 2. The van der Waals surface area contributed by atoms with Gasteiger partial charge in [-0.2, -0.15) is 0 Å². The van der Waals surface area contributed by atoms with E-state index in [9.17, 15) is 5.11 Å². The third-order valence-corrected chi connectivity index (χ3v) is 3.45. The molecular formula is C15H24O. The molecule has 0 saturated heterocycles. The Labute approximate surface area is 99.5 Å². The molecule has 0 radical (unpaired) electrons. The predicted octanol–water partition coefficient (Wildman–Crippen LogP) is 4.00. The molecule has 1 nitrogen and oxygen atoms in total. The van der Waals surface area contributed by atoms with Crippen LogP contribution in [0.5, 0.6) is 0 Å². The third-order valence-electron chi connectivity index (χ3n) is 3.45. The zero-order valence-corrected chi connectivity index (χ0v) is 11.4. The van der Waals surface area contributed by atoms with Crippen molar-refractivity contribution >= 4 is 0 Å². The zero-order chi connectivity index (χ0) is 12.5. The van der Waals surface area contributed by atoms with Gasteiger partial charge < -0.3 is 5.11 Å². The summed E-state index contributed by atoms with van der Waals surface area (Å²) in [6.07, 6.45) is 0.517. The van der Waals surface area contributed by atoms with Gasteiger partial charge in [0.15, 0.2) is 0 Å². The summed E-state index contributed by atoms with van der Waals surface area (Å²) in [5.41, 5.74) is 6.19. The molecular weight excluding hydrogens is 196 g/mol. The van der Waals surface area contributed by atoms with E-state index in [0.717, 1.165) is 12.0 Å². The number of aliphatic hydroxyl groups excluding tert-OH is 1. The molecule has 1 aromatic rings. The molecule has 0 amide bonds. The average Bonchev–Trinajstić information content (AvgIpc) is 2.14. The molecule has 1 atom stereocenters. The van der Waals surface area contributed by atoms with Crippen molar-refractivity contribution in [3.8, 4) is 0 Å². The lowest BCUT2D eigenvalue weighted by atomic mass is 9.88. The van der Waals surface area contributed by atoms with Gasteiger partial charge in [-0.15, -0.1) is 0 Å². The summed E-state index contributed by atoms with van der Waals surface area (Å²) in [4.78, 5) is 0. The van der Waals surface area contributed by atoms with Crippen LogP contribution < -0.4 is 0 Å². The van der Waals surface area contributed by atoms with Gasteiger partial charge in [-0.3, -0.25) is 0 Å². The van der Waals surface area contributed by atoms with E-state index >= 15 is 0 Å². The first-order chi connectivity index (χ1) is 7.34. The average molecular weight is 220 g/mol. The fourth-order valence-corrected chi connectivity index (χ4v) is 2.31. The highest BCUT2D eigenvalue weighted by atomic mass is 16.3. The molecule has 0 spiro atoms. The highest BCUT2D eigenvalue weighted by molar-refractivity contribution is 5.45. The first kappa shape index (κ1) is 13.2. The largest absolute Gasteiger partial charge is 0.388 e. The minimum atomic E-state index is -0.321. The first-order valence-corrected chi connectivity index (χ1v) is 6.10. The standard InChI is InChI=1S/C15H24O/c1-9(2)7-14(16)15-12(5)10(3)8-11(4)13(15)6/h8-9,14,16H,7H2,1-6H3. The van der Waals surface area contributed by atoms with Gasteiger partial charge in [0.2, 0.25) is 0 Å². The minimum absolute atomic E-state index is 0.321. The van der Waals surface area contributed by atoms with Crippen LogP contribution in [0.2, 0.25) is 0 Å². The van der Waals surface area contributed by atoms with Crippen LogP contribution in [0.3, 0.4) is 0 Å². The Hall–Kier alpha value is -0.820. The monoisotopic (exact) mass is 220 g/mol. The van der Waals surface area contributed by atoms with E-state index in [-0.39, 0.29) is 6.10 Å². The first-order valence-electron chi connectivity index (χ1n) is 6.10. The van der Waals surface area contributed by atoms with Crippen LogP contribution in [0.15, 0.2) is 6.07 Å². The van der Waals surface area contributed by atoms with E-state index in [1.807, 2.05) is 0 Å². The second-order valence-corrected chi connectivity index (χ2v) is 5.32. The minimum Gasteiger partial charge on any atom is -0.388 e. The fourth-order valence-electron chi connectivity index (χ4n) is 2.31. The lowest BCUT2D eigenvalue weighted by molar-refractivity contribution is 0.149. The molecule has 0 aliphatic heterocycles. The van der Waals surface area contributed by atoms with Gasteiger partial charge in [-0.1, -0.05) is 19.9 Å². The molecule has 0 aliphatic carbocycles. The molecule has 0 bridgehead atoms. The molecule has 0 aromatic heterocycles. The molecule has 16 heavy (non-hydrogen) atoms. The van der Waals surface area contributed by atoms with Crippen LogP contribution in [-0.4, -0.2) is 5.11 Å². The van der Waals surface area contributed by atoms with Crippen LogP contribution >= 0.6 is 0 Å². The van der Waals surface area contributed by atoms with E-state index in [4.69, 9.17) is 0 Å². The lowest BCUT2D eigenvalue weighted by Crippen LogP contribution is -2.08. The third kappa shape index (κ3) is 2.65. The maximum Gasteiger partial charge on any atom is 0.0797 e. The van der Waals surface area contributed by atoms with E-state index < -0.39 is 0 Å². The van der Waals surface area contributed by atoms with Crippen molar-refractivity contribution in [2.75, 3.05) is 0 Å². The second-order valence-electron chi connectivity index (χ2n) is 5.32. The summed E-state index contributed by atoms with van der Waals surface area (Å²) in [7, 11) is 0. The highest BCUT2D eigenvalue weighted by Gasteiger charge is 2.17. The molecule has 1 rings (SSSR count). The molecule has 0 heterocycles. The predicted molar refractivity (Wildman–Crippen MR) is 69.8 cm³/mol. The summed E-state index contributed by atoms with van der Waals surface area (Å²) >= 11 is 0. The summed E-state index contributed by atoms with van der Waals surface area (Å²) in [5, 5.41) is 10.3. The van der Waals surface area contributed by atoms with E-state index in [1.165, 1.54) is 22.3 Å². The van der Waals surface area contributed by atoms with Gasteiger partial charge in [0, 0.05) is 0 Å². The number of hydrogen-bond acceptors (Lipinski definition) is 1. The molecule has 1 unspecified atom stereocenters. The van der Waals surface area contributed by atoms with Gasteiger partial charge in [0.05, 0.1) is 6.10 Å². The Bertz CT molecular complexity index is 351. The molecule has 1 aromatic carbocycles. The Balaban J connectivity index is 3.21. The van der Waals surface area contributed by atoms with E-state index in [2.05, 4.69) is 47.6 Å². The summed E-state index contributed by atoms with van der Waals surface area (Å²) in [6, 6.07) is 2.20. The van der Waals surface area contributed by atoms with Gasteiger partial charge in [-0.05, 0) is 67.9 Å². The number of hydrogen-bond donors (Lipinski definition) is 1. The molecule has 0 aliphatic rings. The maximum atomic E-state index is 10.3. The summed E-state index contributed by atoms with van der Waals surface area (Å²) in [5.74, 6) is 0.523. The normalized spacial score (nSPS) is 13.2. The molecule has 1 N–H and O–H groups in total. The Kier molecular flexibility index (Phi) is 4.15. The van der Waals surface area contributed by atoms with E-state index in [0.29, 0.717) is 5.92 Å². The number of benzene rings is 1. The van der Waals surface area contributed by atoms with Gasteiger partial charge in [-0.25, -0.2) is 0 Å². The molecule has 1 heteroatoms. The van der Waals surface area contributed by atoms with Gasteiger partial charge >= 0.3 is 0 Å². The Morgan fingerprint density at radius 3 is 1.81 bits per heavy atom. The van der Waals surface area contributed by atoms with Crippen molar-refractivity contribution in [1.29, 1.82) is 0 Å².